The lowest BCUT2D eigenvalue weighted by Crippen LogP contribution is -2.15. The molecule has 0 fully saturated rings. The van der Waals surface area contributed by atoms with Crippen LogP contribution in [0.5, 0.6) is 5.75 Å². The van der Waals surface area contributed by atoms with E-state index >= 15 is 0 Å². The number of rotatable bonds is 6. The molecule has 0 aliphatic heterocycles. The molecule has 0 atom stereocenters. The molecule has 1 aromatic carbocycles. The Morgan fingerprint density at radius 2 is 2.05 bits per heavy atom. The molecule has 0 N–H and O–H groups in total. The van der Waals surface area contributed by atoms with Gasteiger partial charge in [0.2, 0.25) is 0 Å². The van der Waals surface area contributed by atoms with Gasteiger partial charge in [0.1, 0.15) is 11.3 Å². The molecule has 5 heteroatoms. The summed E-state index contributed by atoms with van der Waals surface area (Å²) in [5.74, 6) is 0.0838. The summed E-state index contributed by atoms with van der Waals surface area (Å²) in [6.07, 6.45) is 1.75. The number of aryl methyl sites for hydroxylation is 2. The van der Waals surface area contributed by atoms with Crippen LogP contribution in [0.1, 0.15) is 31.4 Å². The first kappa shape index (κ1) is 16.1. The molecular formula is C17H20O5. The second-order valence-corrected chi connectivity index (χ2v) is 5.00. The van der Waals surface area contributed by atoms with Gasteiger partial charge < -0.3 is 13.9 Å². The molecule has 0 spiro atoms. The van der Waals surface area contributed by atoms with Crippen molar-refractivity contribution in [2.24, 2.45) is 0 Å². The minimum absolute atomic E-state index is 0.168. The van der Waals surface area contributed by atoms with Crippen LogP contribution in [0.4, 0.5) is 0 Å². The highest BCUT2D eigenvalue weighted by molar-refractivity contribution is 5.85. The molecule has 22 heavy (non-hydrogen) atoms. The van der Waals surface area contributed by atoms with Crippen molar-refractivity contribution < 1.29 is 18.7 Å². The molecule has 0 radical (unpaired) electrons. The van der Waals surface area contributed by atoms with Crippen LogP contribution in [0, 0.1) is 6.92 Å². The fraction of sp³-hybridized carbons (Fsp3) is 0.412. The lowest BCUT2D eigenvalue weighted by atomic mass is 10.0. The number of esters is 1. The summed E-state index contributed by atoms with van der Waals surface area (Å²) in [4.78, 5) is 23.1. The minimum Gasteiger partial charge on any atom is -0.481 e. The Morgan fingerprint density at radius 3 is 2.73 bits per heavy atom. The van der Waals surface area contributed by atoms with Crippen LogP contribution in [0.15, 0.2) is 27.4 Å². The topological polar surface area (TPSA) is 65.7 Å². The third kappa shape index (κ3) is 3.47. The monoisotopic (exact) mass is 304 g/mol. The third-order valence-corrected chi connectivity index (χ3v) is 3.37. The van der Waals surface area contributed by atoms with Crippen LogP contribution in [0.3, 0.4) is 0 Å². The highest BCUT2D eigenvalue weighted by Gasteiger charge is 2.12. The molecule has 0 unspecified atom stereocenters. The first-order valence-corrected chi connectivity index (χ1v) is 7.41. The molecule has 118 valence electrons. The molecule has 0 aliphatic rings. The Labute approximate surface area is 128 Å². The van der Waals surface area contributed by atoms with Gasteiger partial charge in [-0.2, -0.15) is 0 Å². The van der Waals surface area contributed by atoms with E-state index in [2.05, 4.69) is 6.92 Å². The molecule has 0 saturated carbocycles. The maximum Gasteiger partial charge on any atom is 0.344 e. The molecule has 2 aromatic rings. The number of hydrogen-bond donors (Lipinski definition) is 0. The predicted octanol–water partition coefficient (Wildman–Crippen LogP) is 3.00. The lowest BCUT2D eigenvalue weighted by Gasteiger charge is -2.11. The summed E-state index contributed by atoms with van der Waals surface area (Å²) in [5.41, 5.74) is 1.81. The highest BCUT2D eigenvalue weighted by atomic mass is 16.6. The summed E-state index contributed by atoms with van der Waals surface area (Å²) in [5, 5.41) is 0.905. The second-order valence-electron chi connectivity index (χ2n) is 5.00. The van der Waals surface area contributed by atoms with Crippen LogP contribution in [0.2, 0.25) is 0 Å². The van der Waals surface area contributed by atoms with Gasteiger partial charge in [0.15, 0.2) is 6.61 Å². The Morgan fingerprint density at radius 1 is 1.27 bits per heavy atom. The quantitative estimate of drug-likeness (QED) is 0.606. The molecule has 2 rings (SSSR count). The van der Waals surface area contributed by atoms with E-state index < -0.39 is 5.97 Å². The van der Waals surface area contributed by atoms with Crippen LogP contribution in [-0.2, 0) is 16.0 Å². The number of carbonyl (C=O) groups is 1. The molecule has 0 aliphatic carbocycles. The number of fused-ring (bicyclic) bond motifs is 1. The first-order valence-electron chi connectivity index (χ1n) is 7.41. The average molecular weight is 304 g/mol. The first-order chi connectivity index (χ1) is 10.6. The van der Waals surface area contributed by atoms with Crippen molar-refractivity contribution >= 4 is 16.9 Å². The standard InChI is InChI=1S/C17H20O5/c1-4-6-12-9-15(18)22-17-11(3)14(8-7-13(12)17)21-10-16(19)20-5-2/h7-9H,4-6,10H2,1-3H3. The van der Waals surface area contributed by atoms with Gasteiger partial charge in [0.25, 0.3) is 0 Å². The van der Waals surface area contributed by atoms with E-state index in [4.69, 9.17) is 13.9 Å². The van der Waals surface area contributed by atoms with Crippen LogP contribution >= 0.6 is 0 Å². The van der Waals surface area contributed by atoms with Gasteiger partial charge in [0, 0.05) is 17.0 Å². The highest BCUT2D eigenvalue weighted by Crippen LogP contribution is 2.28. The van der Waals surface area contributed by atoms with Crippen LogP contribution in [-0.4, -0.2) is 19.2 Å². The largest absolute Gasteiger partial charge is 0.481 e. The van der Waals surface area contributed by atoms with Gasteiger partial charge >= 0.3 is 11.6 Å². The maximum atomic E-state index is 11.7. The normalized spacial score (nSPS) is 10.7. The predicted molar refractivity (Wildman–Crippen MR) is 83.3 cm³/mol. The van der Waals surface area contributed by atoms with E-state index in [1.165, 1.54) is 6.07 Å². The minimum atomic E-state index is -0.428. The van der Waals surface area contributed by atoms with Crippen molar-refractivity contribution in [1.29, 1.82) is 0 Å². The number of hydrogen-bond acceptors (Lipinski definition) is 5. The lowest BCUT2D eigenvalue weighted by molar-refractivity contribution is -0.145. The zero-order valence-corrected chi connectivity index (χ0v) is 13.1. The van der Waals surface area contributed by atoms with Crippen molar-refractivity contribution in [3.8, 4) is 5.75 Å². The van der Waals surface area contributed by atoms with Crippen molar-refractivity contribution in [3.05, 3.63) is 39.7 Å². The summed E-state index contributed by atoms with van der Waals surface area (Å²) in [6, 6.07) is 5.18. The Kier molecular flexibility index (Phi) is 5.20. The molecule has 0 bridgehead atoms. The van der Waals surface area contributed by atoms with E-state index in [9.17, 15) is 9.59 Å². The van der Waals surface area contributed by atoms with Crippen molar-refractivity contribution in [1.82, 2.24) is 0 Å². The van der Waals surface area contributed by atoms with Gasteiger partial charge in [0.05, 0.1) is 6.61 Å². The second kappa shape index (κ2) is 7.11. The van der Waals surface area contributed by atoms with Crippen molar-refractivity contribution in [3.63, 3.8) is 0 Å². The molecule has 1 aromatic heterocycles. The average Bonchev–Trinajstić information content (AvgIpc) is 2.48. The SMILES string of the molecule is CCCc1cc(=O)oc2c(C)c(OCC(=O)OCC)ccc12. The van der Waals surface area contributed by atoms with E-state index in [1.807, 2.05) is 13.0 Å². The van der Waals surface area contributed by atoms with Gasteiger partial charge in [-0.1, -0.05) is 13.3 Å². The number of ether oxygens (including phenoxy) is 2. The van der Waals surface area contributed by atoms with Crippen LogP contribution < -0.4 is 10.4 Å². The smallest absolute Gasteiger partial charge is 0.344 e. The Bertz CT molecular complexity index is 730. The molecule has 0 saturated heterocycles. The summed E-state index contributed by atoms with van der Waals surface area (Å²) in [7, 11) is 0. The maximum absolute atomic E-state index is 11.7. The van der Waals surface area contributed by atoms with Crippen molar-refractivity contribution in [2.75, 3.05) is 13.2 Å². The van der Waals surface area contributed by atoms with Gasteiger partial charge in [-0.3, -0.25) is 0 Å². The molecule has 0 amide bonds. The van der Waals surface area contributed by atoms with Crippen molar-refractivity contribution in [2.45, 2.75) is 33.6 Å². The van der Waals surface area contributed by atoms with E-state index in [-0.39, 0.29) is 12.2 Å². The zero-order valence-electron chi connectivity index (χ0n) is 13.1. The summed E-state index contributed by atoms with van der Waals surface area (Å²) < 4.78 is 15.6. The van der Waals surface area contributed by atoms with E-state index in [0.717, 1.165) is 23.8 Å². The summed E-state index contributed by atoms with van der Waals surface area (Å²) >= 11 is 0. The fourth-order valence-electron chi connectivity index (χ4n) is 2.38. The molecule has 1 heterocycles. The Balaban J connectivity index is 2.37. The van der Waals surface area contributed by atoms with Gasteiger partial charge in [-0.05, 0) is 38.0 Å². The molecule has 5 nitrogen and oxygen atoms in total. The zero-order chi connectivity index (χ0) is 16.1. The van der Waals surface area contributed by atoms with E-state index in [0.29, 0.717) is 23.5 Å². The van der Waals surface area contributed by atoms with Gasteiger partial charge in [-0.25, -0.2) is 9.59 Å². The number of carbonyl (C=O) groups excluding carboxylic acids is 1. The van der Waals surface area contributed by atoms with Crippen LogP contribution in [0.25, 0.3) is 11.0 Å². The summed E-state index contributed by atoms with van der Waals surface area (Å²) in [6.45, 7) is 5.75. The van der Waals surface area contributed by atoms with E-state index in [1.54, 1.807) is 13.0 Å². The van der Waals surface area contributed by atoms with Gasteiger partial charge in [-0.15, -0.1) is 0 Å². The third-order valence-electron chi connectivity index (χ3n) is 3.37. The molecular weight excluding hydrogens is 284 g/mol. The fourth-order valence-corrected chi connectivity index (χ4v) is 2.38. The Hall–Kier alpha value is -2.30. The number of benzene rings is 1.